The maximum Gasteiger partial charge on any atom is 0.408 e. The highest BCUT2D eigenvalue weighted by Crippen LogP contribution is 2.43. The molecule has 1 aromatic rings. The third-order valence-electron chi connectivity index (χ3n) is 3.49. The molecule has 0 aliphatic heterocycles. The SMILES string of the molecule is COc1cc(OC)c(OC)c(CNC(=O)[C@H](C)NC(=O)OC(C)(C)C)c1O. The van der Waals surface area contributed by atoms with Crippen LogP contribution >= 0.6 is 0 Å². The fourth-order valence-electron chi connectivity index (χ4n) is 2.23. The Kier molecular flexibility index (Phi) is 7.56. The van der Waals surface area contributed by atoms with Gasteiger partial charge < -0.3 is 34.7 Å². The van der Waals surface area contributed by atoms with Crippen molar-refractivity contribution in [3.8, 4) is 23.0 Å². The Morgan fingerprint density at radius 3 is 2.19 bits per heavy atom. The highest BCUT2D eigenvalue weighted by molar-refractivity contribution is 5.85. The van der Waals surface area contributed by atoms with Gasteiger partial charge in [0.05, 0.1) is 33.4 Å². The molecule has 1 atom stereocenters. The number of nitrogens with one attached hydrogen (secondary N) is 2. The third kappa shape index (κ3) is 6.12. The molecule has 152 valence electrons. The third-order valence-corrected chi connectivity index (χ3v) is 3.49. The maximum atomic E-state index is 12.3. The Morgan fingerprint density at radius 2 is 1.70 bits per heavy atom. The predicted molar refractivity (Wildman–Crippen MR) is 98.4 cm³/mol. The molecule has 1 aromatic carbocycles. The summed E-state index contributed by atoms with van der Waals surface area (Å²) in [5.74, 6) is 0.143. The van der Waals surface area contributed by atoms with E-state index in [1.165, 1.54) is 34.3 Å². The number of methoxy groups -OCH3 is 3. The Balaban J connectivity index is 2.87. The normalized spacial score (nSPS) is 12.0. The molecule has 2 amide bonds. The zero-order valence-corrected chi connectivity index (χ0v) is 16.8. The number of ether oxygens (including phenoxy) is 4. The van der Waals surface area contributed by atoms with E-state index in [1.54, 1.807) is 20.8 Å². The summed E-state index contributed by atoms with van der Waals surface area (Å²) in [6.45, 7) is 6.62. The summed E-state index contributed by atoms with van der Waals surface area (Å²) in [4.78, 5) is 24.0. The van der Waals surface area contributed by atoms with Crippen LogP contribution in [0.3, 0.4) is 0 Å². The molecule has 0 saturated carbocycles. The second-order valence-electron chi connectivity index (χ2n) is 6.73. The number of benzene rings is 1. The summed E-state index contributed by atoms with van der Waals surface area (Å²) >= 11 is 0. The molecule has 27 heavy (non-hydrogen) atoms. The lowest BCUT2D eigenvalue weighted by atomic mass is 10.1. The van der Waals surface area contributed by atoms with Gasteiger partial charge in [-0.2, -0.15) is 0 Å². The number of carbonyl (C=O) groups is 2. The van der Waals surface area contributed by atoms with E-state index in [0.29, 0.717) is 5.75 Å². The van der Waals surface area contributed by atoms with Gasteiger partial charge in [0, 0.05) is 6.07 Å². The molecule has 0 heterocycles. The van der Waals surface area contributed by atoms with Gasteiger partial charge in [0.15, 0.2) is 23.0 Å². The number of rotatable bonds is 7. The van der Waals surface area contributed by atoms with Gasteiger partial charge in [0.1, 0.15) is 11.6 Å². The van der Waals surface area contributed by atoms with Crippen molar-refractivity contribution < 1.29 is 33.6 Å². The van der Waals surface area contributed by atoms with Crippen LogP contribution in [0, 0.1) is 0 Å². The second-order valence-corrected chi connectivity index (χ2v) is 6.73. The van der Waals surface area contributed by atoms with E-state index in [0.717, 1.165) is 0 Å². The number of amides is 2. The minimum Gasteiger partial charge on any atom is -0.504 e. The minimum atomic E-state index is -0.847. The summed E-state index contributed by atoms with van der Waals surface area (Å²) < 4.78 is 20.7. The van der Waals surface area contributed by atoms with Crippen LogP contribution in [0.15, 0.2) is 6.07 Å². The lowest BCUT2D eigenvalue weighted by Gasteiger charge is -2.22. The zero-order valence-electron chi connectivity index (χ0n) is 16.8. The molecule has 0 bridgehead atoms. The van der Waals surface area contributed by atoms with Crippen LogP contribution in [0.1, 0.15) is 33.3 Å². The summed E-state index contributed by atoms with van der Waals surface area (Å²) in [5.41, 5.74) is -0.386. The first-order valence-corrected chi connectivity index (χ1v) is 8.32. The number of aromatic hydroxyl groups is 1. The van der Waals surface area contributed by atoms with Crippen molar-refractivity contribution in [1.29, 1.82) is 0 Å². The molecule has 0 aliphatic rings. The lowest BCUT2D eigenvalue weighted by molar-refractivity contribution is -0.122. The van der Waals surface area contributed by atoms with Crippen LogP contribution in [-0.4, -0.2) is 50.1 Å². The summed E-state index contributed by atoms with van der Waals surface area (Å²) in [5, 5.41) is 15.4. The molecule has 0 spiro atoms. The summed E-state index contributed by atoms with van der Waals surface area (Å²) in [6.07, 6.45) is -0.700. The quantitative estimate of drug-likeness (QED) is 0.658. The largest absolute Gasteiger partial charge is 0.504 e. The van der Waals surface area contributed by atoms with Crippen molar-refractivity contribution in [2.24, 2.45) is 0 Å². The first-order valence-electron chi connectivity index (χ1n) is 8.32. The van der Waals surface area contributed by atoms with Gasteiger partial charge in [-0.15, -0.1) is 0 Å². The van der Waals surface area contributed by atoms with Crippen LogP contribution in [-0.2, 0) is 16.1 Å². The molecule has 0 fully saturated rings. The van der Waals surface area contributed by atoms with E-state index in [4.69, 9.17) is 18.9 Å². The number of alkyl carbamates (subject to hydrolysis) is 1. The molecule has 0 aromatic heterocycles. The van der Waals surface area contributed by atoms with Crippen molar-refractivity contribution in [3.05, 3.63) is 11.6 Å². The highest BCUT2D eigenvalue weighted by Gasteiger charge is 2.23. The van der Waals surface area contributed by atoms with Gasteiger partial charge in [0.2, 0.25) is 5.91 Å². The Labute approximate surface area is 158 Å². The number of phenolic OH excluding ortho intramolecular Hbond substituents is 1. The number of phenols is 1. The maximum absolute atomic E-state index is 12.3. The van der Waals surface area contributed by atoms with Crippen molar-refractivity contribution >= 4 is 12.0 Å². The first-order chi connectivity index (χ1) is 12.5. The van der Waals surface area contributed by atoms with Gasteiger partial charge in [-0.05, 0) is 27.7 Å². The van der Waals surface area contributed by atoms with Crippen LogP contribution < -0.4 is 24.8 Å². The van der Waals surface area contributed by atoms with Crippen molar-refractivity contribution in [3.63, 3.8) is 0 Å². The highest BCUT2D eigenvalue weighted by atomic mass is 16.6. The van der Waals surface area contributed by atoms with Crippen LogP contribution in [0.4, 0.5) is 4.79 Å². The van der Waals surface area contributed by atoms with Crippen molar-refractivity contribution in [2.45, 2.75) is 45.9 Å². The molecular weight excluding hydrogens is 356 g/mol. The topological polar surface area (TPSA) is 115 Å². The van der Waals surface area contributed by atoms with Crippen molar-refractivity contribution in [2.75, 3.05) is 21.3 Å². The van der Waals surface area contributed by atoms with Crippen LogP contribution in [0.2, 0.25) is 0 Å². The van der Waals surface area contributed by atoms with E-state index in [9.17, 15) is 14.7 Å². The Hall–Kier alpha value is -2.84. The standard InChI is InChI=1S/C18H28N2O7/c1-10(20-17(23)27-18(2,3)4)16(22)19-9-11-14(21)12(24-5)8-13(25-6)15(11)26-7/h8,10,21H,9H2,1-7H3,(H,19,22)(H,20,23)/t10-/m0/s1. The monoisotopic (exact) mass is 384 g/mol. The van der Waals surface area contributed by atoms with E-state index in [1.807, 2.05) is 0 Å². The van der Waals surface area contributed by atoms with Gasteiger partial charge in [-0.3, -0.25) is 4.79 Å². The van der Waals surface area contributed by atoms with Crippen LogP contribution in [0.25, 0.3) is 0 Å². The van der Waals surface area contributed by atoms with E-state index >= 15 is 0 Å². The zero-order chi connectivity index (χ0) is 20.8. The van der Waals surface area contributed by atoms with Gasteiger partial charge in [-0.25, -0.2) is 4.79 Å². The van der Waals surface area contributed by atoms with Gasteiger partial charge in [-0.1, -0.05) is 0 Å². The molecular formula is C18H28N2O7. The molecule has 9 heteroatoms. The Bertz CT molecular complexity index is 683. The van der Waals surface area contributed by atoms with Crippen LogP contribution in [0.5, 0.6) is 23.0 Å². The summed E-state index contributed by atoms with van der Waals surface area (Å²) in [7, 11) is 4.27. The van der Waals surface area contributed by atoms with E-state index in [-0.39, 0.29) is 29.4 Å². The smallest absolute Gasteiger partial charge is 0.408 e. The average molecular weight is 384 g/mol. The summed E-state index contributed by atoms with van der Waals surface area (Å²) in [6, 6.07) is 0.632. The predicted octanol–water partition coefficient (Wildman–Crippen LogP) is 1.95. The molecule has 0 radical (unpaired) electrons. The Morgan fingerprint density at radius 1 is 1.11 bits per heavy atom. The fraction of sp³-hybridized carbons (Fsp3) is 0.556. The van der Waals surface area contributed by atoms with Crippen molar-refractivity contribution in [1.82, 2.24) is 10.6 Å². The molecule has 3 N–H and O–H groups in total. The average Bonchev–Trinajstić information content (AvgIpc) is 2.57. The molecule has 1 rings (SSSR count). The van der Waals surface area contributed by atoms with Gasteiger partial charge in [0.25, 0.3) is 0 Å². The molecule has 0 aliphatic carbocycles. The molecule has 0 unspecified atom stereocenters. The van der Waals surface area contributed by atoms with E-state index < -0.39 is 23.6 Å². The fourth-order valence-corrected chi connectivity index (χ4v) is 2.23. The molecule has 0 saturated heterocycles. The number of carbonyl (C=O) groups excluding carboxylic acids is 2. The lowest BCUT2D eigenvalue weighted by Crippen LogP contribution is -2.46. The number of hydrogen-bond acceptors (Lipinski definition) is 7. The number of hydrogen-bond donors (Lipinski definition) is 3. The minimum absolute atomic E-state index is 0.0677. The second kappa shape index (κ2) is 9.20. The first kappa shape index (κ1) is 22.2. The van der Waals surface area contributed by atoms with Gasteiger partial charge >= 0.3 is 6.09 Å². The molecule has 9 nitrogen and oxygen atoms in total. The van der Waals surface area contributed by atoms with E-state index in [2.05, 4.69) is 10.6 Å².